The topological polar surface area (TPSA) is 170 Å². The van der Waals surface area contributed by atoms with E-state index in [1.54, 1.807) is 26.4 Å². The Morgan fingerprint density at radius 1 is 1.17 bits per heavy atom. The van der Waals surface area contributed by atoms with Crippen LogP contribution in [0.5, 0.6) is 0 Å². The number of para-hydroxylation sites is 1. The van der Waals surface area contributed by atoms with Crippen LogP contribution in [0.2, 0.25) is 0 Å². The van der Waals surface area contributed by atoms with Crippen molar-refractivity contribution in [3.05, 3.63) is 70.4 Å². The lowest BCUT2D eigenvalue weighted by Gasteiger charge is -2.31. The van der Waals surface area contributed by atoms with Gasteiger partial charge in [0.2, 0.25) is 5.91 Å². The number of carbonyl (C=O) groups excluding carboxylic acids is 2. The number of hydrogen-bond acceptors (Lipinski definition) is 6. The number of fused-ring (bicyclic) bond motifs is 1. The van der Waals surface area contributed by atoms with Gasteiger partial charge in [-0.1, -0.05) is 32.1 Å². The maximum absolute atomic E-state index is 13.4. The van der Waals surface area contributed by atoms with Crippen LogP contribution < -0.4 is 16.2 Å². The number of aliphatic hydroxyl groups is 1. The molecule has 12 nitrogen and oxygen atoms in total. The predicted molar refractivity (Wildman–Crippen MR) is 156 cm³/mol. The number of nitrogens with one attached hydrogen (secondary N) is 3. The molecule has 12 heteroatoms. The van der Waals surface area contributed by atoms with Crippen LogP contribution in [-0.4, -0.2) is 73.8 Å². The minimum Gasteiger partial charge on any atom is -0.465 e. The van der Waals surface area contributed by atoms with Crippen LogP contribution in [0.1, 0.15) is 44.5 Å². The van der Waals surface area contributed by atoms with Crippen molar-refractivity contribution < 1.29 is 24.6 Å². The Balaban J connectivity index is 1.85. The van der Waals surface area contributed by atoms with Gasteiger partial charge in [-0.25, -0.2) is 9.78 Å². The number of pyridine rings is 1. The van der Waals surface area contributed by atoms with Crippen molar-refractivity contribution in [2.24, 2.45) is 5.92 Å². The summed E-state index contributed by atoms with van der Waals surface area (Å²) >= 11 is 0. The van der Waals surface area contributed by atoms with Crippen LogP contribution in [0, 0.1) is 5.92 Å². The quantitative estimate of drug-likeness (QED) is 0.198. The van der Waals surface area contributed by atoms with Crippen LogP contribution in [0.3, 0.4) is 0 Å². The summed E-state index contributed by atoms with van der Waals surface area (Å²) in [7, 11) is 3.18. The number of amides is 3. The molecule has 0 bridgehead atoms. The highest BCUT2D eigenvalue weighted by Gasteiger charge is 2.39. The SMILES string of the molecule is CC(C)Cc1cccc2[nH]c(Cn3cccc(NC(=O)C(CCO)(CC/C=C/C(=O)N(C)C)NC(=O)O)c3=O)nc12. The Kier molecular flexibility index (Phi) is 10.4. The first-order chi connectivity index (χ1) is 19.5. The second kappa shape index (κ2) is 13.8. The first-order valence-corrected chi connectivity index (χ1v) is 13.4. The first kappa shape index (κ1) is 31.1. The highest BCUT2D eigenvalue weighted by atomic mass is 16.4. The van der Waals surface area contributed by atoms with Crippen LogP contribution in [0.4, 0.5) is 10.5 Å². The smallest absolute Gasteiger partial charge is 0.405 e. The molecule has 0 aliphatic heterocycles. The minimum atomic E-state index is -1.75. The van der Waals surface area contributed by atoms with Crippen molar-refractivity contribution in [2.45, 2.75) is 51.6 Å². The second-order valence-corrected chi connectivity index (χ2v) is 10.6. The highest BCUT2D eigenvalue weighted by molar-refractivity contribution is 5.99. The molecule has 1 atom stereocenters. The van der Waals surface area contributed by atoms with Gasteiger partial charge in [0.05, 0.1) is 17.6 Å². The summed E-state index contributed by atoms with van der Waals surface area (Å²) in [5, 5.41) is 23.9. The molecule has 0 aliphatic carbocycles. The zero-order valence-electron chi connectivity index (χ0n) is 23.8. The molecule has 41 heavy (non-hydrogen) atoms. The molecule has 2 aromatic heterocycles. The second-order valence-electron chi connectivity index (χ2n) is 10.6. The van der Waals surface area contributed by atoms with Gasteiger partial charge in [0.15, 0.2) is 0 Å². The fourth-order valence-electron chi connectivity index (χ4n) is 4.57. The Morgan fingerprint density at radius 3 is 2.59 bits per heavy atom. The largest absolute Gasteiger partial charge is 0.465 e. The lowest BCUT2D eigenvalue weighted by Crippen LogP contribution is -2.57. The number of rotatable bonds is 13. The van der Waals surface area contributed by atoms with Crippen LogP contribution >= 0.6 is 0 Å². The van der Waals surface area contributed by atoms with Crippen molar-refractivity contribution in [1.29, 1.82) is 0 Å². The molecule has 0 fully saturated rings. The number of H-pyrrole nitrogens is 1. The first-order valence-electron chi connectivity index (χ1n) is 13.4. The van der Waals surface area contributed by atoms with Crippen molar-refractivity contribution >= 4 is 34.6 Å². The van der Waals surface area contributed by atoms with E-state index in [4.69, 9.17) is 4.98 Å². The molecular formula is C29H38N6O6. The molecule has 5 N–H and O–H groups in total. The van der Waals surface area contributed by atoms with Gasteiger partial charge in [0.25, 0.3) is 11.5 Å². The summed E-state index contributed by atoms with van der Waals surface area (Å²) in [5.74, 6) is -0.0335. The number of anilines is 1. The maximum atomic E-state index is 13.4. The molecule has 0 radical (unpaired) electrons. The number of aromatic amines is 1. The van der Waals surface area contributed by atoms with E-state index in [2.05, 4.69) is 29.5 Å². The molecule has 0 spiro atoms. The van der Waals surface area contributed by atoms with E-state index < -0.39 is 29.7 Å². The molecular weight excluding hydrogens is 528 g/mol. The number of imidazole rings is 1. The average Bonchev–Trinajstić information content (AvgIpc) is 3.31. The van der Waals surface area contributed by atoms with E-state index in [1.807, 2.05) is 18.2 Å². The van der Waals surface area contributed by atoms with E-state index in [1.165, 1.54) is 27.7 Å². The fraction of sp³-hybridized carbons (Fsp3) is 0.414. The zero-order valence-corrected chi connectivity index (χ0v) is 23.8. The minimum absolute atomic E-state index is 0.0538. The van der Waals surface area contributed by atoms with Crippen molar-refractivity contribution in [1.82, 2.24) is 24.8 Å². The molecule has 3 rings (SSSR count). The summed E-state index contributed by atoms with van der Waals surface area (Å²) in [4.78, 5) is 59.6. The monoisotopic (exact) mass is 566 g/mol. The van der Waals surface area contributed by atoms with Gasteiger partial charge in [0.1, 0.15) is 17.1 Å². The van der Waals surface area contributed by atoms with Gasteiger partial charge in [-0.2, -0.15) is 0 Å². The van der Waals surface area contributed by atoms with Gasteiger partial charge >= 0.3 is 6.09 Å². The van der Waals surface area contributed by atoms with Crippen LogP contribution in [-0.2, 0) is 22.6 Å². The van der Waals surface area contributed by atoms with Crippen LogP contribution in [0.15, 0.2) is 53.5 Å². The molecule has 1 aromatic carbocycles. The van der Waals surface area contributed by atoms with E-state index in [9.17, 15) is 29.4 Å². The molecule has 0 saturated heterocycles. The number of aromatic nitrogens is 3. The Labute approximate surface area is 238 Å². The average molecular weight is 567 g/mol. The molecule has 3 amide bonds. The summed E-state index contributed by atoms with van der Waals surface area (Å²) < 4.78 is 1.39. The number of allylic oxidation sites excluding steroid dienone is 1. The highest BCUT2D eigenvalue weighted by Crippen LogP contribution is 2.22. The molecule has 0 saturated carbocycles. The van der Waals surface area contributed by atoms with E-state index in [0.717, 1.165) is 23.0 Å². The third-order valence-corrected chi connectivity index (χ3v) is 6.62. The lowest BCUT2D eigenvalue weighted by molar-refractivity contribution is -0.123. The zero-order chi connectivity index (χ0) is 30.2. The van der Waals surface area contributed by atoms with Crippen molar-refractivity contribution in [3.63, 3.8) is 0 Å². The van der Waals surface area contributed by atoms with E-state index in [-0.39, 0.29) is 37.4 Å². The number of carboxylic acid groups (broad SMARTS) is 1. The number of likely N-dealkylation sites (N-methyl/N-ethyl adjacent to an activating group) is 1. The summed E-state index contributed by atoms with van der Waals surface area (Å²) in [6.07, 6.45) is 3.70. The molecule has 0 aliphatic rings. The lowest BCUT2D eigenvalue weighted by atomic mass is 9.88. The number of carbonyl (C=O) groups is 3. The Bertz CT molecular complexity index is 1470. The van der Waals surface area contributed by atoms with Gasteiger partial charge in [-0.05, 0) is 55.0 Å². The maximum Gasteiger partial charge on any atom is 0.405 e. The fourth-order valence-corrected chi connectivity index (χ4v) is 4.57. The van der Waals surface area contributed by atoms with Crippen molar-refractivity contribution in [2.75, 3.05) is 26.0 Å². The van der Waals surface area contributed by atoms with Gasteiger partial charge < -0.3 is 35.3 Å². The third-order valence-electron chi connectivity index (χ3n) is 6.62. The number of benzene rings is 1. The summed E-state index contributed by atoms with van der Waals surface area (Å²) in [6, 6.07) is 8.95. The number of nitrogens with zero attached hydrogens (tertiary/aromatic N) is 3. The predicted octanol–water partition coefficient (Wildman–Crippen LogP) is 2.72. The van der Waals surface area contributed by atoms with Gasteiger partial charge in [0, 0.05) is 33.3 Å². The molecule has 3 aromatic rings. The normalized spacial score (nSPS) is 12.9. The van der Waals surface area contributed by atoms with Gasteiger partial charge in [-0.15, -0.1) is 0 Å². The summed E-state index contributed by atoms with van der Waals surface area (Å²) in [6.45, 7) is 3.90. The Morgan fingerprint density at radius 2 is 1.93 bits per heavy atom. The third kappa shape index (κ3) is 8.04. The molecule has 2 heterocycles. The van der Waals surface area contributed by atoms with E-state index in [0.29, 0.717) is 11.7 Å². The standard InChI is InChI=1S/C29H38N6O6/c1-19(2)17-20-9-7-10-21-25(20)32-23(30-21)18-35-15-8-11-22(26(35)38)31-27(39)29(14-16-36,33-28(40)41)13-6-5-12-24(37)34(3)4/h5,7-12,15,19,33,36H,6,13-14,16-18H2,1-4H3,(H,30,32)(H,31,39)(H,40,41)/b12-5+. The number of hydrogen-bond donors (Lipinski definition) is 5. The Hall–Kier alpha value is -4.45. The molecule has 1 unspecified atom stereocenters. The van der Waals surface area contributed by atoms with Gasteiger partial charge in [-0.3, -0.25) is 14.4 Å². The molecule has 220 valence electrons. The van der Waals surface area contributed by atoms with Crippen molar-refractivity contribution in [3.8, 4) is 0 Å². The summed E-state index contributed by atoms with van der Waals surface area (Å²) in [5.41, 5.74) is 0.523. The van der Waals surface area contributed by atoms with E-state index >= 15 is 0 Å². The van der Waals surface area contributed by atoms with Crippen LogP contribution in [0.25, 0.3) is 11.0 Å². The number of aliphatic hydroxyl groups excluding tert-OH is 1.